The highest BCUT2D eigenvalue weighted by Crippen LogP contribution is 2.15. The van der Waals surface area contributed by atoms with Crippen LogP contribution < -0.4 is 21.7 Å². The fourth-order valence-electron chi connectivity index (χ4n) is 1.15. The molecule has 0 fully saturated rings. The molecule has 0 aliphatic rings. The molecule has 3 heteroatoms. The minimum Gasteiger partial charge on any atom is -1.00 e. The standard InChI is InChI=1S/C12H20NO.BrH/c1-11-7-5-6-8-12(11)14-10-9-13(2,3)4;/h5-8H,9-10H2,1-4H3;1H/q+1;/p-1. The van der Waals surface area contributed by atoms with Crippen LogP contribution in [0.4, 0.5) is 0 Å². The summed E-state index contributed by atoms with van der Waals surface area (Å²) in [7, 11) is 6.50. The van der Waals surface area contributed by atoms with Crippen molar-refractivity contribution in [3.05, 3.63) is 29.8 Å². The normalized spacial score (nSPS) is 10.7. The molecule has 86 valence electrons. The highest BCUT2D eigenvalue weighted by Gasteiger charge is 2.06. The van der Waals surface area contributed by atoms with Crippen LogP contribution in [0.25, 0.3) is 0 Å². The predicted octanol–water partition coefficient (Wildman–Crippen LogP) is -0.916. The van der Waals surface area contributed by atoms with E-state index in [-0.39, 0.29) is 17.0 Å². The van der Waals surface area contributed by atoms with Crippen LogP contribution in [-0.4, -0.2) is 38.8 Å². The molecule has 0 saturated carbocycles. The monoisotopic (exact) mass is 273 g/mol. The van der Waals surface area contributed by atoms with Gasteiger partial charge in [-0.3, -0.25) is 0 Å². The number of para-hydroxylation sites is 1. The zero-order valence-electron chi connectivity index (χ0n) is 9.96. The third-order valence-corrected chi connectivity index (χ3v) is 2.11. The highest BCUT2D eigenvalue weighted by atomic mass is 79.9. The number of hydrogen-bond donors (Lipinski definition) is 0. The first kappa shape index (κ1) is 14.5. The second-order valence-electron chi connectivity index (χ2n) is 4.63. The van der Waals surface area contributed by atoms with E-state index >= 15 is 0 Å². The first-order valence-electron chi connectivity index (χ1n) is 4.98. The van der Waals surface area contributed by atoms with E-state index in [1.807, 2.05) is 18.2 Å². The van der Waals surface area contributed by atoms with Crippen LogP contribution in [0.15, 0.2) is 24.3 Å². The summed E-state index contributed by atoms with van der Waals surface area (Å²) in [5.41, 5.74) is 1.20. The van der Waals surface area contributed by atoms with Gasteiger partial charge in [-0.15, -0.1) is 0 Å². The van der Waals surface area contributed by atoms with Gasteiger partial charge < -0.3 is 26.2 Å². The molecule has 2 nitrogen and oxygen atoms in total. The van der Waals surface area contributed by atoms with Gasteiger partial charge in [-0.05, 0) is 18.6 Å². The van der Waals surface area contributed by atoms with Gasteiger partial charge in [-0.2, -0.15) is 0 Å². The Kier molecular flexibility index (Phi) is 5.91. The van der Waals surface area contributed by atoms with Gasteiger partial charge in [0.1, 0.15) is 18.9 Å². The molecule has 0 unspecified atom stereocenters. The minimum atomic E-state index is 0. The first-order valence-corrected chi connectivity index (χ1v) is 4.98. The Morgan fingerprint density at radius 2 is 1.73 bits per heavy atom. The number of halogens is 1. The minimum absolute atomic E-state index is 0. The molecule has 0 heterocycles. The maximum atomic E-state index is 5.70. The number of rotatable bonds is 4. The third kappa shape index (κ3) is 5.80. The fourth-order valence-corrected chi connectivity index (χ4v) is 1.15. The predicted molar refractivity (Wildman–Crippen MR) is 59.6 cm³/mol. The summed E-state index contributed by atoms with van der Waals surface area (Å²) in [4.78, 5) is 0. The molecule has 0 bridgehead atoms. The number of aryl methyl sites for hydroxylation is 1. The third-order valence-electron chi connectivity index (χ3n) is 2.11. The Hall–Kier alpha value is -0.540. The molecule has 0 radical (unpaired) electrons. The van der Waals surface area contributed by atoms with Crippen LogP contribution in [0.5, 0.6) is 5.75 Å². The van der Waals surface area contributed by atoms with Crippen molar-refractivity contribution >= 4 is 0 Å². The van der Waals surface area contributed by atoms with Crippen LogP contribution in [0, 0.1) is 6.92 Å². The van der Waals surface area contributed by atoms with Crippen LogP contribution >= 0.6 is 0 Å². The van der Waals surface area contributed by atoms with Gasteiger partial charge in [0.2, 0.25) is 0 Å². The van der Waals surface area contributed by atoms with Gasteiger partial charge in [0.25, 0.3) is 0 Å². The van der Waals surface area contributed by atoms with E-state index < -0.39 is 0 Å². The Labute approximate surface area is 103 Å². The average Bonchev–Trinajstić information content (AvgIpc) is 2.06. The number of quaternary nitrogens is 1. The van der Waals surface area contributed by atoms with Gasteiger partial charge in [0.05, 0.1) is 21.1 Å². The van der Waals surface area contributed by atoms with E-state index in [1.54, 1.807) is 0 Å². The SMILES string of the molecule is Cc1ccccc1OCC[N+](C)(C)C.[Br-]. The van der Waals surface area contributed by atoms with E-state index in [1.165, 1.54) is 5.56 Å². The molecule has 1 aromatic carbocycles. The summed E-state index contributed by atoms with van der Waals surface area (Å²) < 4.78 is 6.63. The van der Waals surface area contributed by atoms with Crippen LogP contribution in [-0.2, 0) is 0 Å². The lowest BCUT2D eigenvalue weighted by atomic mass is 10.2. The zero-order chi connectivity index (χ0) is 10.6. The molecule has 0 aliphatic heterocycles. The molecule has 1 aromatic rings. The second kappa shape index (κ2) is 6.13. The topological polar surface area (TPSA) is 9.23 Å². The van der Waals surface area contributed by atoms with E-state index in [2.05, 4.69) is 34.1 Å². The van der Waals surface area contributed by atoms with E-state index in [0.717, 1.165) is 23.4 Å². The second-order valence-corrected chi connectivity index (χ2v) is 4.63. The molecule has 1 rings (SSSR count). The lowest BCUT2D eigenvalue weighted by molar-refractivity contribution is -0.870. The van der Waals surface area contributed by atoms with Crippen molar-refractivity contribution in [1.29, 1.82) is 0 Å². The van der Waals surface area contributed by atoms with Crippen molar-refractivity contribution in [2.45, 2.75) is 6.92 Å². The lowest BCUT2D eigenvalue weighted by Gasteiger charge is -2.23. The van der Waals surface area contributed by atoms with Crippen LogP contribution in [0.1, 0.15) is 5.56 Å². The van der Waals surface area contributed by atoms with Gasteiger partial charge in [-0.1, -0.05) is 18.2 Å². The average molecular weight is 274 g/mol. The van der Waals surface area contributed by atoms with Crippen molar-refractivity contribution in [3.63, 3.8) is 0 Å². The van der Waals surface area contributed by atoms with E-state index in [9.17, 15) is 0 Å². The van der Waals surface area contributed by atoms with Gasteiger partial charge in [-0.25, -0.2) is 0 Å². The van der Waals surface area contributed by atoms with Crippen molar-refractivity contribution in [3.8, 4) is 5.75 Å². The maximum Gasteiger partial charge on any atom is 0.137 e. The molecule has 0 N–H and O–H groups in total. The molecule has 0 atom stereocenters. The smallest absolute Gasteiger partial charge is 0.137 e. The molecule has 15 heavy (non-hydrogen) atoms. The van der Waals surface area contributed by atoms with Crippen LogP contribution in [0.2, 0.25) is 0 Å². The van der Waals surface area contributed by atoms with Crippen molar-refractivity contribution in [2.75, 3.05) is 34.3 Å². The fraction of sp³-hybridized carbons (Fsp3) is 0.500. The Balaban J connectivity index is 0.00000196. The van der Waals surface area contributed by atoms with Gasteiger partial charge in [0, 0.05) is 0 Å². The Morgan fingerprint density at radius 3 is 2.27 bits per heavy atom. The lowest BCUT2D eigenvalue weighted by Crippen LogP contribution is -3.00. The van der Waals surface area contributed by atoms with Gasteiger partial charge >= 0.3 is 0 Å². The zero-order valence-corrected chi connectivity index (χ0v) is 11.5. The molecule has 0 amide bonds. The molecular weight excluding hydrogens is 254 g/mol. The van der Waals surface area contributed by atoms with Crippen LogP contribution in [0.3, 0.4) is 0 Å². The highest BCUT2D eigenvalue weighted by molar-refractivity contribution is 5.31. The summed E-state index contributed by atoms with van der Waals surface area (Å²) in [6, 6.07) is 8.13. The Bertz CT molecular complexity index is 294. The number of likely N-dealkylation sites (N-methyl/N-ethyl adjacent to an activating group) is 1. The van der Waals surface area contributed by atoms with Crippen molar-refractivity contribution in [1.82, 2.24) is 0 Å². The Morgan fingerprint density at radius 1 is 1.13 bits per heavy atom. The van der Waals surface area contributed by atoms with Crippen molar-refractivity contribution < 1.29 is 26.2 Å². The summed E-state index contributed by atoms with van der Waals surface area (Å²) in [5.74, 6) is 1.00. The van der Waals surface area contributed by atoms with Crippen molar-refractivity contribution in [2.24, 2.45) is 0 Å². The molecule has 0 spiro atoms. The van der Waals surface area contributed by atoms with E-state index in [0.29, 0.717) is 0 Å². The molecule has 0 aromatic heterocycles. The molecular formula is C12H20BrNO. The maximum absolute atomic E-state index is 5.70. The summed E-state index contributed by atoms with van der Waals surface area (Å²) >= 11 is 0. The molecule has 0 saturated heterocycles. The molecule has 0 aliphatic carbocycles. The van der Waals surface area contributed by atoms with Gasteiger partial charge in [0.15, 0.2) is 0 Å². The summed E-state index contributed by atoms with van der Waals surface area (Å²) in [6.07, 6.45) is 0. The first-order chi connectivity index (χ1) is 6.49. The van der Waals surface area contributed by atoms with E-state index in [4.69, 9.17) is 4.74 Å². The summed E-state index contributed by atoms with van der Waals surface area (Å²) in [6.45, 7) is 3.87. The number of ether oxygens (including phenoxy) is 1. The quantitative estimate of drug-likeness (QED) is 0.646. The largest absolute Gasteiger partial charge is 1.00 e. The summed E-state index contributed by atoms with van der Waals surface area (Å²) in [5, 5.41) is 0. The number of hydrogen-bond acceptors (Lipinski definition) is 1. The number of nitrogens with zero attached hydrogens (tertiary/aromatic N) is 1. The number of benzene rings is 1.